The van der Waals surface area contributed by atoms with Crippen molar-refractivity contribution in [2.24, 2.45) is 0 Å². The minimum atomic E-state index is -1.07. The van der Waals surface area contributed by atoms with Gasteiger partial charge >= 0.3 is 5.97 Å². The second-order valence-corrected chi connectivity index (χ2v) is 6.95. The molecule has 0 amide bonds. The second-order valence-electron chi connectivity index (χ2n) is 6.95. The second kappa shape index (κ2) is 8.35. The molecule has 0 aliphatic heterocycles. The van der Waals surface area contributed by atoms with E-state index in [0.29, 0.717) is 23.4 Å². The van der Waals surface area contributed by atoms with Crippen LogP contribution in [0.5, 0.6) is 0 Å². The van der Waals surface area contributed by atoms with Gasteiger partial charge in [0.2, 0.25) is 0 Å². The molecule has 3 aromatic rings. The van der Waals surface area contributed by atoms with Crippen LogP contribution < -0.4 is 5.32 Å². The van der Waals surface area contributed by atoms with Crippen LogP contribution in [0.2, 0.25) is 0 Å². The van der Waals surface area contributed by atoms with E-state index < -0.39 is 5.97 Å². The number of likely N-dealkylation sites (N-methyl/N-ethyl adjacent to an activating group) is 1. The summed E-state index contributed by atoms with van der Waals surface area (Å²) in [5.41, 5.74) is 1.17. The van der Waals surface area contributed by atoms with Crippen LogP contribution in [0.15, 0.2) is 36.7 Å². The third-order valence-corrected chi connectivity index (χ3v) is 4.75. The molecule has 0 aliphatic rings. The first kappa shape index (κ1) is 19.8. The van der Waals surface area contributed by atoms with Gasteiger partial charge < -0.3 is 15.3 Å². The number of nitrogens with zero attached hydrogens (tertiary/aromatic N) is 4. The summed E-state index contributed by atoms with van der Waals surface area (Å²) in [5.74, 6) is -1.05. The van der Waals surface area contributed by atoms with Gasteiger partial charge in [0.1, 0.15) is 5.82 Å². The Labute approximate surface area is 162 Å². The van der Waals surface area contributed by atoms with Crippen molar-refractivity contribution >= 4 is 28.4 Å². The molecule has 7 nitrogen and oxygen atoms in total. The highest BCUT2D eigenvalue weighted by Crippen LogP contribution is 2.28. The van der Waals surface area contributed by atoms with Crippen LogP contribution in [-0.4, -0.2) is 50.9 Å². The zero-order valence-corrected chi connectivity index (χ0v) is 16.2. The van der Waals surface area contributed by atoms with Crippen LogP contribution in [-0.2, 0) is 6.54 Å². The molecule has 0 fully saturated rings. The Morgan fingerprint density at radius 1 is 1.36 bits per heavy atom. The molecule has 0 saturated heterocycles. The minimum Gasteiger partial charge on any atom is -0.478 e. The number of rotatable bonds is 8. The highest BCUT2D eigenvalue weighted by atomic mass is 19.1. The van der Waals surface area contributed by atoms with Crippen molar-refractivity contribution in [2.45, 2.75) is 32.4 Å². The minimum absolute atomic E-state index is 0.0752. The molecule has 1 unspecified atom stereocenters. The molecule has 2 aromatic heterocycles. The lowest BCUT2D eigenvalue weighted by molar-refractivity contribution is 0.0698. The Balaban J connectivity index is 2.04. The summed E-state index contributed by atoms with van der Waals surface area (Å²) in [4.78, 5) is 17.6. The number of halogens is 1. The molecular weight excluding hydrogens is 361 g/mol. The van der Waals surface area contributed by atoms with Gasteiger partial charge in [-0.2, -0.15) is 5.10 Å². The number of fused-ring (bicyclic) bond motifs is 1. The molecule has 28 heavy (non-hydrogen) atoms. The molecular formula is C20H24FN5O2. The quantitative estimate of drug-likeness (QED) is 0.615. The van der Waals surface area contributed by atoms with Gasteiger partial charge in [-0.1, -0.05) is 13.3 Å². The first-order valence-corrected chi connectivity index (χ1v) is 9.17. The molecule has 0 aliphatic carbocycles. The van der Waals surface area contributed by atoms with Crippen molar-refractivity contribution in [3.8, 4) is 0 Å². The maximum Gasteiger partial charge on any atom is 0.337 e. The van der Waals surface area contributed by atoms with Gasteiger partial charge in [-0.3, -0.25) is 9.67 Å². The average Bonchev–Trinajstić information content (AvgIpc) is 2.98. The van der Waals surface area contributed by atoms with E-state index in [4.69, 9.17) is 0 Å². The topological polar surface area (TPSA) is 83.3 Å². The monoisotopic (exact) mass is 385 g/mol. The van der Waals surface area contributed by atoms with Crippen molar-refractivity contribution < 1.29 is 14.3 Å². The van der Waals surface area contributed by atoms with Crippen LogP contribution in [0.25, 0.3) is 10.9 Å². The first-order valence-electron chi connectivity index (χ1n) is 9.17. The molecule has 8 heteroatoms. The standard InChI is InChI=1S/C20H24FN5O2/c1-4-5-14(25(2)3)12-26-18-7-6-13(21)10-16(18)19(24-26)23-17-11-22-9-8-15(17)20(27)28/h6-11,14H,4-5,12H2,1-3H3,(H,23,24)(H,27,28). The van der Waals surface area contributed by atoms with Gasteiger partial charge in [0.25, 0.3) is 0 Å². The number of aromatic carboxylic acids is 1. The molecule has 0 spiro atoms. The van der Waals surface area contributed by atoms with E-state index in [1.54, 1.807) is 6.07 Å². The lowest BCUT2D eigenvalue weighted by Gasteiger charge is -2.24. The van der Waals surface area contributed by atoms with E-state index in [1.165, 1.54) is 30.6 Å². The van der Waals surface area contributed by atoms with Crippen molar-refractivity contribution in [1.82, 2.24) is 19.7 Å². The zero-order chi connectivity index (χ0) is 20.3. The SMILES string of the molecule is CCCC(Cn1nc(Nc2cnccc2C(=O)O)c2cc(F)ccc21)N(C)C. The number of nitrogens with one attached hydrogen (secondary N) is 1. The van der Waals surface area contributed by atoms with Gasteiger partial charge in [-0.25, -0.2) is 9.18 Å². The lowest BCUT2D eigenvalue weighted by atomic mass is 10.1. The predicted octanol–water partition coefficient (Wildman–Crippen LogP) is 3.74. The van der Waals surface area contributed by atoms with E-state index in [2.05, 4.69) is 27.2 Å². The Kier molecular flexibility index (Phi) is 5.89. The molecule has 0 saturated carbocycles. The Morgan fingerprint density at radius 2 is 2.14 bits per heavy atom. The number of carboxylic acid groups (broad SMARTS) is 1. The average molecular weight is 385 g/mol. The Hall–Kier alpha value is -3.00. The summed E-state index contributed by atoms with van der Waals surface area (Å²) in [7, 11) is 4.05. The third-order valence-electron chi connectivity index (χ3n) is 4.75. The van der Waals surface area contributed by atoms with Crippen molar-refractivity contribution in [1.29, 1.82) is 0 Å². The smallest absolute Gasteiger partial charge is 0.337 e. The van der Waals surface area contributed by atoms with Gasteiger partial charge in [0.15, 0.2) is 5.82 Å². The van der Waals surface area contributed by atoms with Gasteiger partial charge in [-0.15, -0.1) is 0 Å². The Bertz CT molecular complexity index is 986. The molecule has 1 aromatic carbocycles. The first-order chi connectivity index (χ1) is 13.4. The van der Waals surface area contributed by atoms with Gasteiger partial charge in [0, 0.05) is 17.6 Å². The summed E-state index contributed by atoms with van der Waals surface area (Å²) in [6.45, 7) is 2.78. The summed E-state index contributed by atoms with van der Waals surface area (Å²) >= 11 is 0. The molecule has 3 rings (SSSR count). The van der Waals surface area contributed by atoms with Crippen molar-refractivity contribution in [3.63, 3.8) is 0 Å². The van der Waals surface area contributed by atoms with Crippen LogP contribution in [0.1, 0.15) is 30.1 Å². The zero-order valence-electron chi connectivity index (χ0n) is 16.2. The van der Waals surface area contributed by atoms with E-state index in [9.17, 15) is 14.3 Å². The fraction of sp³-hybridized carbons (Fsp3) is 0.350. The number of benzene rings is 1. The normalized spacial score (nSPS) is 12.5. The summed E-state index contributed by atoms with van der Waals surface area (Å²) in [5, 5.41) is 17.6. The maximum atomic E-state index is 13.9. The molecule has 1 atom stereocenters. The van der Waals surface area contributed by atoms with Gasteiger partial charge in [0.05, 0.1) is 29.5 Å². The van der Waals surface area contributed by atoms with Crippen LogP contribution in [0.4, 0.5) is 15.9 Å². The largest absolute Gasteiger partial charge is 0.478 e. The van der Waals surface area contributed by atoms with Gasteiger partial charge in [-0.05, 0) is 44.8 Å². The summed E-state index contributed by atoms with van der Waals surface area (Å²) in [6, 6.07) is 6.19. The number of carbonyl (C=O) groups is 1. The molecule has 0 bridgehead atoms. The Morgan fingerprint density at radius 3 is 2.82 bits per heavy atom. The fourth-order valence-electron chi connectivity index (χ4n) is 3.24. The number of carboxylic acids is 1. The molecule has 2 N–H and O–H groups in total. The summed E-state index contributed by atoms with van der Waals surface area (Å²) in [6.07, 6.45) is 4.88. The number of hydrogen-bond acceptors (Lipinski definition) is 5. The van der Waals surface area contributed by atoms with E-state index in [0.717, 1.165) is 18.4 Å². The van der Waals surface area contributed by atoms with E-state index >= 15 is 0 Å². The number of pyridine rings is 1. The molecule has 0 radical (unpaired) electrons. The number of hydrogen-bond donors (Lipinski definition) is 2. The maximum absolute atomic E-state index is 13.9. The number of anilines is 2. The lowest BCUT2D eigenvalue weighted by Crippen LogP contribution is -2.32. The molecule has 2 heterocycles. The third kappa shape index (κ3) is 4.12. The van der Waals surface area contributed by atoms with Crippen LogP contribution in [0.3, 0.4) is 0 Å². The highest BCUT2D eigenvalue weighted by Gasteiger charge is 2.18. The van der Waals surface area contributed by atoms with E-state index in [-0.39, 0.29) is 17.4 Å². The highest BCUT2D eigenvalue weighted by molar-refractivity contribution is 5.97. The van der Waals surface area contributed by atoms with Crippen LogP contribution >= 0.6 is 0 Å². The predicted molar refractivity (Wildman–Crippen MR) is 107 cm³/mol. The fourth-order valence-corrected chi connectivity index (χ4v) is 3.24. The van der Waals surface area contributed by atoms with E-state index in [1.807, 2.05) is 18.8 Å². The molecule has 148 valence electrons. The van der Waals surface area contributed by atoms with Crippen molar-refractivity contribution in [3.05, 3.63) is 48.0 Å². The summed E-state index contributed by atoms with van der Waals surface area (Å²) < 4.78 is 15.7. The van der Waals surface area contributed by atoms with Crippen LogP contribution in [0, 0.1) is 5.82 Å². The number of aromatic nitrogens is 3. The van der Waals surface area contributed by atoms with Crippen molar-refractivity contribution in [2.75, 3.05) is 19.4 Å².